The minimum atomic E-state index is 0.587. The van der Waals surface area contributed by atoms with E-state index >= 15 is 0 Å². The van der Waals surface area contributed by atoms with E-state index in [9.17, 15) is 4.79 Å². The summed E-state index contributed by atoms with van der Waals surface area (Å²) in [6, 6.07) is 17.0. The third kappa shape index (κ3) is 4.53. The van der Waals surface area contributed by atoms with E-state index in [-0.39, 0.29) is 0 Å². The maximum atomic E-state index is 10.4. The van der Waals surface area contributed by atoms with Gasteiger partial charge in [0.15, 0.2) is 0 Å². The summed E-state index contributed by atoms with van der Waals surface area (Å²) < 4.78 is 5.26. The topological polar surface area (TPSA) is 41.6 Å². The Morgan fingerprint density at radius 2 is 1.84 bits per heavy atom. The molecule has 0 saturated carbocycles. The van der Waals surface area contributed by atoms with E-state index < -0.39 is 0 Å². The molecule has 2 aromatic carbocycles. The van der Waals surface area contributed by atoms with Crippen LogP contribution < -0.4 is 15.0 Å². The van der Waals surface area contributed by atoms with Gasteiger partial charge in [-0.25, -0.2) is 0 Å². The number of hydrogen-bond acceptors (Lipinski definition) is 3. The molecule has 0 spiro atoms. The van der Waals surface area contributed by atoms with Gasteiger partial charge in [0.2, 0.25) is 6.41 Å². The Hall–Kier alpha value is -2.49. The molecule has 1 aliphatic heterocycles. The summed E-state index contributed by atoms with van der Waals surface area (Å²) in [6.45, 7) is 2.75. The van der Waals surface area contributed by atoms with E-state index in [0.29, 0.717) is 12.5 Å². The summed E-state index contributed by atoms with van der Waals surface area (Å²) in [7, 11) is 1.71. The molecule has 1 saturated heterocycles. The van der Waals surface area contributed by atoms with Crippen molar-refractivity contribution in [2.24, 2.45) is 0 Å². The summed E-state index contributed by atoms with van der Waals surface area (Å²) in [5.74, 6) is 1.54. The van der Waals surface area contributed by atoms with Crippen molar-refractivity contribution in [2.45, 2.75) is 31.7 Å². The molecular weight excluding hydrogens is 312 g/mol. The van der Waals surface area contributed by atoms with Crippen LogP contribution in [0.5, 0.6) is 5.75 Å². The summed E-state index contributed by atoms with van der Waals surface area (Å²) >= 11 is 0. The highest BCUT2D eigenvalue weighted by atomic mass is 16.5. The fourth-order valence-electron chi connectivity index (χ4n) is 3.55. The first kappa shape index (κ1) is 17.3. The van der Waals surface area contributed by atoms with E-state index in [1.807, 2.05) is 0 Å². The van der Waals surface area contributed by atoms with E-state index in [1.54, 1.807) is 7.11 Å². The summed E-state index contributed by atoms with van der Waals surface area (Å²) in [4.78, 5) is 12.9. The van der Waals surface area contributed by atoms with Crippen LogP contribution in [0, 0.1) is 0 Å². The van der Waals surface area contributed by atoms with Crippen molar-refractivity contribution in [3.8, 4) is 5.75 Å². The number of nitrogens with one attached hydrogen (secondary N) is 1. The van der Waals surface area contributed by atoms with Crippen molar-refractivity contribution >= 4 is 12.1 Å². The van der Waals surface area contributed by atoms with Crippen molar-refractivity contribution in [3.63, 3.8) is 0 Å². The number of carbonyl (C=O) groups is 1. The number of nitrogens with zero attached hydrogens (tertiary/aromatic N) is 1. The Balaban J connectivity index is 1.61. The average molecular weight is 338 g/mol. The SMILES string of the molecule is COc1ccc(C2CCCN(c3ccc(CNC=O)cc3)CC2)cc1. The molecule has 2 aromatic rings. The highest BCUT2D eigenvalue weighted by Gasteiger charge is 2.18. The summed E-state index contributed by atoms with van der Waals surface area (Å²) in [5.41, 5.74) is 3.81. The van der Waals surface area contributed by atoms with Crippen LogP contribution in [0.15, 0.2) is 48.5 Å². The van der Waals surface area contributed by atoms with Crippen molar-refractivity contribution in [1.82, 2.24) is 5.32 Å². The van der Waals surface area contributed by atoms with Crippen LogP contribution in [-0.4, -0.2) is 26.6 Å². The lowest BCUT2D eigenvalue weighted by Crippen LogP contribution is -2.24. The zero-order valence-electron chi connectivity index (χ0n) is 14.8. The standard InChI is InChI=1S/C21H26N2O2/c1-25-21-10-6-19(7-11-21)18-3-2-13-23(14-12-18)20-8-4-17(5-9-20)15-22-16-24/h4-11,16,18H,2-3,12-15H2,1H3,(H,22,24). The number of benzene rings is 2. The van der Waals surface area contributed by atoms with Gasteiger partial charge < -0.3 is 15.0 Å². The highest BCUT2D eigenvalue weighted by Crippen LogP contribution is 2.31. The smallest absolute Gasteiger partial charge is 0.207 e. The van der Waals surface area contributed by atoms with Crippen LogP contribution in [0.3, 0.4) is 0 Å². The molecule has 132 valence electrons. The largest absolute Gasteiger partial charge is 0.497 e. The first-order valence-corrected chi connectivity index (χ1v) is 8.95. The van der Waals surface area contributed by atoms with E-state index in [2.05, 4.69) is 58.7 Å². The van der Waals surface area contributed by atoms with Gasteiger partial charge in [0.05, 0.1) is 7.11 Å². The van der Waals surface area contributed by atoms with Crippen LogP contribution in [-0.2, 0) is 11.3 Å². The second-order valence-corrected chi connectivity index (χ2v) is 6.55. The summed E-state index contributed by atoms with van der Waals surface area (Å²) in [5, 5.41) is 2.70. The van der Waals surface area contributed by atoms with Crippen LogP contribution in [0.2, 0.25) is 0 Å². The van der Waals surface area contributed by atoms with Crippen molar-refractivity contribution < 1.29 is 9.53 Å². The Labute approximate surface area is 149 Å². The second kappa shape index (κ2) is 8.56. The average Bonchev–Trinajstić information content (AvgIpc) is 2.93. The number of amides is 1. The Morgan fingerprint density at radius 1 is 1.08 bits per heavy atom. The normalized spacial score (nSPS) is 17.6. The lowest BCUT2D eigenvalue weighted by molar-refractivity contribution is -0.109. The molecule has 1 N–H and O–H groups in total. The molecule has 3 rings (SSSR count). The second-order valence-electron chi connectivity index (χ2n) is 6.55. The number of anilines is 1. The molecule has 1 atom stereocenters. The fourth-order valence-corrected chi connectivity index (χ4v) is 3.55. The molecular formula is C21H26N2O2. The first-order chi connectivity index (χ1) is 12.3. The molecule has 0 aliphatic carbocycles. The van der Waals surface area contributed by atoms with Crippen LogP contribution in [0.4, 0.5) is 5.69 Å². The van der Waals surface area contributed by atoms with Crippen molar-refractivity contribution in [2.75, 3.05) is 25.1 Å². The van der Waals surface area contributed by atoms with Crippen molar-refractivity contribution in [3.05, 3.63) is 59.7 Å². The van der Waals surface area contributed by atoms with Gasteiger partial charge in [0.1, 0.15) is 5.75 Å². The predicted octanol–water partition coefficient (Wildman–Crippen LogP) is 3.72. The molecule has 4 nitrogen and oxygen atoms in total. The third-order valence-electron chi connectivity index (χ3n) is 5.01. The zero-order valence-corrected chi connectivity index (χ0v) is 14.8. The zero-order chi connectivity index (χ0) is 17.5. The number of carbonyl (C=O) groups excluding carboxylic acids is 1. The number of rotatable bonds is 6. The molecule has 0 radical (unpaired) electrons. The Kier molecular flexibility index (Phi) is 5.94. The maximum Gasteiger partial charge on any atom is 0.207 e. The van der Waals surface area contributed by atoms with Gasteiger partial charge in [-0.1, -0.05) is 24.3 Å². The van der Waals surface area contributed by atoms with Crippen LogP contribution >= 0.6 is 0 Å². The van der Waals surface area contributed by atoms with Gasteiger partial charge in [0, 0.05) is 25.3 Å². The van der Waals surface area contributed by atoms with Crippen molar-refractivity contribution in [1.29, 1.82) is 0 Å². The Bertz CT molecular complexity index is 667. The van der Waals surface area contributed by atoms with Gasteiger partial charge in [0.25, 0.3) is 0 Å². The number of methoxy groups -OCH3 is 1. The molecule has 1 fully saturated rings. The monoisotopic (exact) mass is 338 g/mol. The van der Waals surface area contributed by atoms with E-state index in [0.717, 1.165) is 30.8 Å². The number of hydrogen-bond donors (Lipinski definition) is 1. The van der Waals surface area contributed by atoms with Gasteiger partial charge in [-0.3, -0.25) is 4.79 Å². The lowest BCUT2D eigenvalue weighted by atomic mass is 9.92. The third-order valence-corrected chi connectivity index (χ3v) is 5.01. The molecule has 1 amide bonds. The Morgan fingerprint density at radius 3 is 2.52 bits per heavy atom. The molecule has 1 unspecified atom stereocenters. The van der Waals surface area contributed by atoms with Gasteiger partial charge >= 0.3 is 0 Å². The van der Waals surface area contributed by atoms with E-state index in [1.165, 1.54) is 30.5 Å². The predicted molar refractivity (Wildman–Crippen MR) is 101 cm³/mol. The van der Waals surface area contributed by atoms with Crippen LogP contribution in [0.25, 0.3) is 0 Å². The molecule has 0 bridgehead atoms. The van der Waals surface area contributed by atoms with Gasteiger partial charge in [-0.2, -0.15) is 0 Å². The summed E-state index contributed by atoms with van der Waals surface area (Å²) in [6.07, 6.45) is 4.33. The maximum absolute atomic E-state index is 10.4. The minimum Gasteiger partial charge on any atom is -0.497 e. The molecule has 1 heterocycles. The fraction of sp³-hybridized carbons (Fsp3) is 0.381. The van der Waals surface area contributed by atoms with Gasteiger partial charge in [-0.05, 0) is 60.6 Å². The van der Waals surface area contributed by atoms with Crippen LogP contribution in [0.1, 0.15) is 36.3 Å². The van der Waals surface area contributed by atoms with E-state index in [4.69, 9.17) is 4.74 Å². The molecule has 25 heavy (non-hydrogen) atoms. The molecule has 0 aromatic heterocycles. The minimum absolute atomic E-state index is 0.587. The van der Waals surface area contributed by atoms with Gasteiger partial charge in [-0.15, -0.1) is 0 Å². The lowest BCUT2D eigenvalue weighted by Gasteiger charge is -2.23. The highest BCUT2D eigenvalue weighted by molar-refractivity contribution is 5.49. The first-order valence-electron chi connectivity index (χ1n) is 8.95. The molecule has 4 heteroatoms. The molecule has 1 aliphatic rings. The quantitative estimate of drug-likeness (QED) is 0.816. The number of ether oxygens (including phenoxy) is 1.